The van der Waals surface area contributed by atoms with Crippen LogP contribution in [0, 0.1) is 0 Å². The highest BCUT2D eigenvalue weighted by atomic mass is 16.3. The fourth-order valence-electron chi connectivity index (χ4n) is 2.51. The maximum absolute atomic E-state index is 5.62. The number of furan rings is 1. The molecule has 0 amide bonds. The zero-order chi connectivity index (χ0) is 13.8. The number of nitrogens with one attached hydrogen (secondary N) is 1. The first-order valence-electron chi connectivity index (χ1n) is 6.99. The summed E-state index contributed by atoms with van der Waals surface area (Å²) >= 11 is 0. The molecule has 3 rings (SSSR count). The Morgan fingerprint density at radius 3 is 2.95 bits per heavy atom. The highest BCUT2D eigenvalue weighted by Gasteiger charge is 2.18. The maximum atomic E-state index is 5.62. The monoisotopic (exact) mass is 266 g/mol. The van der Waals surface area contributed by atoms with E-state index >= 15 is 0 Å². The first kappa shape index (κ1) is 12.9. The first-order valence-corrected chi connectivity index (χ1v) is 6.99. The van der Waals surface area contributed by atoms with Crippen molar-refractivity contribution in [1.82, 2.24) is 10.3 Å². The number of hydrogen-bond donors (Lipinski definition) is 1. The summed E-state index contributed by atoms with van der Waals surface area (Å²) in [6, 6.07) is 12.4. The molecule has 0 bridgehead atoms. The van der Waals surface area contributed by atoms with Crippen LogP contribution in [0.15, 0.2) is 59.5 Å². The standard InChI is InChI=1S/C17H18N2O/c1-2-9-19-17(16-7-4-11-20-16)15-6-3-5-13-12-18-10-8-14(13)15/h3-8,10-12,17,19H,2,9H2,1H3. The first-order chi connectivity index (χ1) is 9.90. The largest absolute Gasteiger partial charge is 0.467 e. The third-order valence-corrected chi connectivity index (χ3v) is 3.45. The number of benzene rings is 1. The van der Waals surface area contributed by atoms with Crippen LogP contribution in [0.3, 0.4) is 0 Å². The van der Waals surface area contributed by atoms with Gasteiger partial charge in [0.1, 0.15) is 5.76 Å². The SMILES string of the molecule is CCCNC(c1ccco1)c1cccc2cnccc12. The summed E-state index contributed by atoms with van der Waals surface area (Å²) in [6.07, 6.45) is 6.55. The molecule has 20 heavy (non-hydrogen) atoms. The van der Waals surface area contributed by atoms with Crippen molar-refractivity contribution in [1.29, 1.82) is 0 Å². The van der Waals surface area contributed by atoms with E-state index in [4.69, 9.17) is 4.42 Å². The lowest BCUT2D eigenvalue weighted by molar-refractivity contribution is 0.448. The van der Waals surface area contributed by atoms with Gasteiger partial charge in [-0.25, -0.2) is 0 Å². The zero-order valence-corrected chi connectivity index (χ0v) is 11.5. The van der Waals surface area contributed by atoms with E-state index < -0.39 is 0 Å². The van der Waals surface area contributed by atoms with E-state index in [1.165, 1.54) is 10.9 Å². The van der Waals surface area contributed by atoms with Crippen molar-refractivity contribution in [3.8, 4) is 0 Å². The molecule has 1 unspecified atom stereocenters. The smallest absolute Gasteiger partial charge is 0.125 e. The summed E-state index contributed by atoms with van der Waals surface area (Å²) in [7, 11) is 0. The highest BCUT2D eigenvalue weighted by molar-refractivity contribution is 5.85. The zero-order valence-electron chi connectivity index (χ0n) is 11.5. The molecular formula is C17H18N2O. The van der Waals surface area contributed by atoms with E-state index in [1.807, 2.05) is 24.5 Å². The summed E-state index contributed by atoms with van der Waals surface area (Å²) in [5.41, 5.74) is 1.23. The molecule has 0 aliphatic carbocycles. The van der Waals surface area contributed by atoms with E-state index in [1.54, 1.807) is 6.26 Å². The molecule has 2 heterocycles. The molecule has 0 saturated carbocycles. The minimum absolute atomic E-state index is 0.0797. The number of rotatable bonds is 5. The van der Waals surface area contributed by atoms with Gasteiger partial charge in [0, 0.05) is 17.8 Å². The van der Waals surface area contributed by atoms with Crippen LogP contribution in [0.25, 0.3) is 10.8 Å². The molecule has 0 aliphatic heterocycles. The van der Waals surface area contributed by atoms with Gasteiger partial charge in [0.05, 0.1) is 12.3 Å². The van der Waals surface area contributed by atoms with E-state index in [9.17, 15) is 0 Å². The molecule has 0 spiro atoms. The minimum Gasteiger partial charge on any atom is -0.467 e. The second-order valence-corrected chi connectivity index (χ2v) is 4.85. The van der Waals surface area contributed by atoms with Crippen molar-refractivity contribution in [2.24, 2.45) is 0 Å². The van der Waals surface area contributed by atoms with Gasteiger partial charge in [0.15, 0.2) is 0 Å². The van der Waals surface area contributed by atoms with E-state index in [0.717, 1.165) is 24.1 Å². The van der Waals surface area contributed by atoms with Crippen LogP contribution in [-0.4, -0.2) is 11.5 Å². The number of hydrogen-bond acceptors (Lipinski definition) is 3. The van der Waals surface area contributed by atoms with Crippen molar-refractivity contribution < 1.29 is 4.42 Å². The Hall–Kier alpha value is -2.13. The quantitative estimate of drug-likeness (QED) is 0.760. The van der Waals surface area contributed by atoms with E-state index in [0.29, 0.717) is 0 Å². The molecule has 102 valence electrons. The topological polar surface area (TPSA) is 38.1 Å². The number of nitrogens with zero attached hydrogens (tertiary/aromatic N) is 1. The highest BCUT2D eigenvalue weighted by Crippen LogP contribution is 2.28. The number of aromatic nitrogens is 1. The molecule has 0 radical (unpaired) electrons. The Labute approximate surface area is 118 Å². The number of fused-ring (bicyclic) bond motifs is 1. The van der Waals surface area contributed by atoms with E-state index in [2.05, 4.69) is 41.5 Å². The van der Waals surface area contributed by atoms with Gasteiger partial charge in [-0.15, -0.1) is 0 Å². The molecule has 1 atom stereocenters. The van der Waals surface area contributed by atoms with Crippen LogP contribution < -0.4 is 5.32 Å². The number of pyridine rings is 1. The van der Waals surface area contributed by atoms with Crippen LogP contribution in [0.5, 0.6) is 0 Å². The minimum atomic E-state index is 0.0797. The molecule has 3 aromatic rings. The summed E-state index contributed by atoms with van der Waals surface area (Å²) in [4.78, 5) is 4.19. The third kappa shape index (κ3) is 2.45. The van der Waals surface area contributed by atoms with Gasteiger partial charge >= 0.3 is 0 Å². The van der Waals surface area contributed by atoms with Crippen molar-refractivity contribution in [2.75, 3.05) is 6.54 Å². The predicted molar refractivity (Wildman–Crippen MR) is 80.6 cm³/mol. The molecule has 0 fully saturated rings. The summed E-state index contributed by atoms with van der Waals surface area (Å²) < 4.78 is 5.62. The molecular weight excluding hydrogens is 248 g/mol. The maximum Gasteiger partial charge on any atom is 0.125 e. The molecule has 1 N–H and O–H groups in total. The van der Waals surface area contributed by atoms with Gasteiger partial charge < -0.3 is 9.73 Å². The summed E-state index contributed by atoms with van der Waals surface area (Å²) in [6.45, 7) is 3.12. The molecule has 1 aromatic carbocycles. The summed E-state index contributed by atoms with van der Waals surface area (Å²) in [5, 5.41) is 5.93. The van der Waals surface area contributed by atoms with Crippen LogP contribution in [-0.2, 0) is 0 Å². The Kier molecular flexibility index (Phi) is 3.79. The van der Waals surface area contributed by atoms with Gasteiger partial charge in [-0.05, 0) is 42.1 Å². The second-order valence-electron chi connectivity index (χ2n) is 4.85. The van der Waals surface area contributed by atoms with Gasteiger partial charge in [0.25, 0.3) is 0 Å². The fourth-order valence-corrected chi connectivity index (χ4v) is 2.51. The van der Waals surface area contributed by atoms with Crippen molar-refractivity contribution in [3.05, 3.63) is 66.4 Å². The van der Waals surface area contributed by atoms with E-state index in [-0.39, 0.29) is 6.04 Å². The van der Waals surface area contributed by atoms with Crippen molar-refractivity contribution in [3.63, 3.8) is 0 Å². The third-order valence-electron chi connectivity index (χ3n) is 3.45. The molecule has 3 heteroatoms. The average molecular weight is 266 g/mol. The van der Waals surface area contributed by atoms with Gasteiger partial charge in [0.2, 0.25) is 0 Å². The molecule has 3 nitrogen and oxygen atoms in total. The Morgan fingerprint density at radius 1 is 1.20 bits per heavy atom. The Balaban J connectivity index is 2.09. The summed E-state index contributed by atoms with van der Waals surface area (Å²) in [5.74, 6) is 0.947. The van der Waals surface area contributed by atoms with Crippen molar-refractivity contribution >= 4 is 10.8 Å². The van der Waals surface area contributed by atoms with Crippen LogP contribution in [0.4, 0.5) is 0 Å². The normalized spacial score (nSPS) is 12.7. The van der Waals surface area contributed by atoms with Crippen LogP contribution in [0.1, 0.15) is 30.7 Å². The van der Waals surface area contributed by atoms with Crippen LogP contribution in [0.2, 0.25) is 0 Å². The lowest BCUT2D eigenvalue weighted by atomic mass is 9.98. The Bertz CT molecular complexity index is 671. The van der Waals surface area contributed by atoms with Crippen molar-refractivity contribution in [2.45, 2.75) is 19.4 Å². The molecule has 2 aromatic heterocycles. The average Bonchev–Trinajstić information content (AvgIpc) is 3.02. The molecule has 0 saturated heterocycles. The van der Waals surface area contributed by atoms with Gasteiger partial charge in [-0.3, -0.25) is 4.98 Å². The van der Waals surface area contributed by atoms with Crippen LogP contribution >= 0.6 is 0 Å². The second kappa shape index (κ2) is 5.88. The van der Waals surface area contributed by atoms with Gasteiger partial charge in [-0.1, -0.05) is 25.1 Å². The lowest BCUT2D eigenvalue weighted by Gasteiger charge is -2.18. The fraction of sp³-hybridized carbons (Fsp3) is 0.235. The Morgan fingerprint density at radius 2 is 2.15 bits per heavy atom. The lowest BCUT2D eigenvalue weighted by Crippen LogP contribution is -2.23. The molecule has 0 aliphatic rings. The predicted octanol–water partition coefficient (Wildman–Crippen LogP) is 3.92. The van der Waals surface area contributed by atoms with Gasteiger partial charge in [-0.2, -0.15) is 0 Å².